The quantitative estimate of drug-likeness (QED) is 0.806. The minimum absolute atomic E-state index is 0.0622. The van der Waals surface area contributed by atoms with E-state index in [4.69, 9.17) is 5.73 Å². The normalized spacial score (nSPS) is 19.1. The van der Waals surface area contributed by atoms with Crippen LogP contribution < -0.4 is 10.6 Å². The van der Waals surface area contributed by atoms with Gasteiger partial charge in [-0.15, -0.1) is 11.3 Å². The zero-order valence-corrected chi connectivity index (χ0v) is 10.9. The number of rotatable bonds is 2. The Kier molecular flexibility index (Phi) is 2.70. The number of nitrogens with two attached hydrogens (primary N) is 1. The molecule has 0 aromatic carbocycles. The second-order valence-electron chi connectivity index (χ2n) is 5.26. The number of carbonyl (C=O) groups excluding carboxylic acids is 1. The van der Waals surface area contributed by atoms with E-state index >= 15 is 0 Å². The van der Waals surface area contributed by atoms with Crippen LogP contribution in [0.1, 0.15) is 36.9 Å². The fourth-order valence-corrected chi connectivity index (χ4v) is 3.12. The topological polar surface area (TPSA) is 46.3 Å². The SMILES string of the molecule is CC(=O)c1sc(N2CCC(C)(C)C2)cc1N. The molecule has 88 valence electrons. The van der Waals surface area contributed by atoms with Crippen molar-refractivity contribution < 1.29 is 4.79 Å². The van der Waals surface area contributed by atoms with Crippen molar-refractivity contribution in [1.82, 2.24) is 0 Å². The van der Waals surface area contributed by atoms with Crippen molar-refractivity contribution in [3.05, 3.63) is 10.9 Å². The van der Waals surface area contributed by atoms with Gasteiger partial charge in [0.25, 0.3) is 0 Å². The van der Waals surface area contributed by atoms with Crippen molar-refractivity contribution in [2.75, 3.05) is 23.7 Å². The lowest BCUT2D eigenvalue weighted by Gasteiger charge is -2.19. The zero-order valence-electron chi connectivity index (χ0n) is 10.0. The van der Waals surface area contributed by atoms with Crippen molar-refractivity contribution in [3.63, 3.8) is 0 Å². The average Bonchev–Trinajstić information content (AvgIpc) is 2.69. The summed E-state index contributed by atoms with van der Waals surface area (Å²) < 4.78 is 0. The Morgan fingerprint density at radius 3 is 2.69 bits per heavy atom. The zero-order chi connectivity index (χ0) is 11.9. The number of hydrogen-bond acceptors (Lipinski definition) is 4. The van der Waals surface area contributed by atoms with Gasteiger partial charge in [-0.05, 0) is 17.9 Å². The van der Waals surface area contributed by atoms with Crippen LogP contribution in [-0.2, 0) is 0 Å². The summed E-state index contributed by atoms with van der Waals surface area (Å²) in [6, 6.07) is 1.93. The summed E-state index contributed by atoms with van der Waals surface area (Å²) in [5.41, 5.74) is 6.83. The van der Waals surface area contributed by atoms with Gasteiger partial charge in [-0.1, -0.05) is 13.8 Å². The van der Waals surface area contributed by atoms with Gasteiger partial charge in [0.05, 0.1) is 15.6 Å². The highest BCUT2D eigenvalue weighted by Gasteiger charge is 2.30. The summed E-state index contributed by atoms with van der Waals surface area (Å²) in [5, 5.41) is 1.13. The standard InChI is InChI=1S/C12H18N2OS/c1-8(15)11-9(13)6-10(16-11)14-5-4-12(2,3)7-14/h6H,4-5,7,13H2,1-3H3. The van der Waals surface area contributed by atoms with Crippen molar-refractivity contribution in [2.45, 2.75) is 27.2 Å². The number of hydrogen-bond donors (Lipinski definition) is 1. The first-order chi connectivity index (χ1) is 7.39. The maximum Gasteiger partial charge on any atom is 0.171 e. The third-order valence-electron chi connectivity index (χ3n) is 3.06. The van der Waals surface area contributed by atoms with Crippen LogP contribution in [0, 0.1) is 5.41 Å². The van der Waals surface area contributed by atoms with E-state index in [9.17, 15) is 4.79 Å². The predicted molar refractivity (Wildman–Crippen MR) is 69.3 cm³/mol. The number of thiophene rings is 1. The molecule has 1 fully saturated rings. The molecule has 2 N–H and O–H groups in total. The van der Waals surface area contributed by atoms with E-state index in [2.05, 4.69) is 18.7 Å². The van der Waals surface area contributed by atoms with Crippen LogP contribution in [-0.4, -0.2) is 18.9 Å². The maximum absolute atomic E-state index is 11.3. The maximum atomic E-state index is 11.3. The average molecular weight is 238 g/mol. The molecule has 2 rings (SSSR count). The van der Waals surface area contributed by atoms with Gasteiger partial charge in [0.2, 0.25) is 0 Å². The first-order valence-electron chi connectivity index (χ1n) is 5.54. The largest absolute Gasteiger partial charge is 0.397 e. The summed E-state index contributed by atoms with van der Waals surface area (Å²) in [4.78, 5) is 14.4. The summed E-state index contributed by atoms with van der Waals surface area (Å²) in [7, 11) is 0. The summed E-state index contributed by atoms with van der Waals surface area (Å²) in [6.45, 7) is 8.22. The van der Waals surface area contributed by atoms with Crippen LogP contribution in [0.15, 0.2) is 6.07 Å². The van der Waals surface area contributed by atoms with E-state index in [-0.39, 0.29) is 5.78 Å². The molecular formula is C12H18N2OS. The third kappa shape index (κ3) is 2.07. The van der Waals surface area contributed by atoms with Crippen LogP contribution in [0.2, 0.25) is 0 Å². The van der Waals surface area contributed by atoms with Crippen molar-refractivity contribution in [2.24, 2.45) is 5.41 Å². The first-order valence-corrected chi connectivity index (χ1v) is 6.36. The minimum atomic E-state index is 0.0622. The molecule has 0 bridgehead atoms. The fraction of sp³-hybridized carbons (Fsp3) is 0.583. The van der Waals surface area contributed by atoms with Gasteiger partial charge in [-0.3, -0.25) is 4.79 Å². The second kappa shape index (κ2) is 3.77. The van der Waals surface area contributed by atoms with E-state index in [1.165, 1.54) is 17.8 Å². The summed E-state index contributed by atoms with van der Waals surface area (Å²) in [5.74, 6) is 0.0622. The Bertz CT molecular complexity index is 423. The van der Waals surface area contributed by atoms with Gasteiger partial charge in [-0.25, -0.2) is 0 Å². The Hall–Kier alpha value is -1.03. The highest BCUT2D eigenvalue weighted by molar-refractivity contribution is 7.18. The molecule has 0 amide bonds. The van der Waals surface area contributed by atoms with Crippen molar-refractivity contribution in [3.8, 4) is 0 Å². The van der Waals surface area contributed by atoms with Gasteiger partial charge >= 0.3 is 0 Å². The van der Waals surface area contributed by atoms with Gasteiger partial charge < -0.3 is 10.6 Å². The Balaban J connectivity index is 2.23. The monoisotopic (exact) mass is 238 g/mol. The molecule has 4 heteroatoms. The number of nitrogens with zero attached hydrogens (tertiary/aromatic N) is 1. The number of Topliss-reactive ketones (excluding diaryl/α,β-unsaturated/α-hetero) is 1. The Morgan fingerprint density at radius 2 is 2.25 bits per heavy atom. The van der Waals surface area contributed by atoms with Crippen LogP contribution >= 0.6 is 11.3 Å². The molecule has 1 aliphatic heterocycles. The van der Waals surface area contributed by atoms with E-state index in [1.807, 2.05) is 6.07 Å². The van der Waals surface area contributed by atoms with Gasteiger partial charge in [0.15, 0.2) is 5.78 Å². The lowest BCUT2D eigenvalue weighted by Crippen LogP contribution is -2.21. The van der Waals surface area contributed by atoms with Crippen molar-refractivity contribution in [1.29, 1.82) is 0 Å². The fourth-order valence-electron chi connectivity index (χ4n) is 2.12. The number of anilines is 2. The van der Waals surface area contributed by atoms with E-state index in [0.29, 0.717) is 16.0 Å². The van der Waals surface area contributed by atoms with Crippen molar-refractivity contribution >= 4 is 27.8 Å². The predicted octanol–water partition coefficient (Wildman–Crippen LogP) is 2.77. The molecule has 0 aliphatic carbocycles. The molecule has 0 radical (unpaired) electrons. The minimum Gasteiger partial charge on any atom is -0.397 e. The second-order valence-corrected chi connectivity index (χ2v) is 6.29. The molecular weight excluding hydrogens is 220 g/mol. The molecule has 1 aromatic heterocycles. The van der Waals surface area contributed by atoms with E-state index in [1.54, 1.807) is 6.92 Å². The highest BCUT2D eigenvalue weighted by atomic mass is 32.1. The van der Waals surface area contributed by atoms with Gasteiger partial charge in [-0.2, -0.15) is 0 Å². The van der Waals surface area contributed by atoms with Crippen LogP contribution in [0.25, 0.3) is 0 Å². The molecule has 0 atom stereocenters. The van der Waals surface area contributed by atoms with Crippen LogP contribution in [0.4, 0.5) is 10.7 Å². The lowest BCUT2D eigenvalue weighted by atomic mass is 9.93. The molecule has 3 nitrogen and oxygen atoms in total. The number of nitrogen functional groups attached to an aromatic ring is 1. The van der Waals surface area contributed by atoms with E-state index < -0.39 is 0 Å². The molecule has 0 saturated carbocycles. The number of ketones is 1. The molecule has 0 spiro atoms. The molecule has 0 unspecified atom stereocenters. The van der Waals surface area contributed by atoms with Gasteiger partial charge in [0.1, 0.15) is 0 Å². The molecule has 16 heavy (non-hydrogen) atoms. The number of carbonyl (C=O) groups is 1. The lowest BCUT2D eigenvalue weighted by molar-refractivity contribution is 0.102. The Morgan fingerprint density at radius 1 is 1.56 bits per heavy atom. The molecule has 1 saturated heterocycles. The summed E-state index contributed by atoms with van der Waals surface area (Å²) in [6.07, 6.45) is 1.19. The highest BCUT2D eigenvalue weighted by Crippen LogP contribution is 2.38. The van der Waals surface area contributed by atoms with E-state index in [0.717, 1.165) is 18.1 Å². The third-order valence-corrected chi connectivity index (χ3v) is 4.37. The van der Waals surface area contributed by atoms with Crippen LogP contribution in [0.5, 0.6) is 0 Å². The van der Waals surface area contributed by atoms with Gasteiger partial charge in [0, 0.05) is 20.0 Å². The van der Waals surface area contributed by atoms with Crippen LogP contribution in [0.3, 0.4) is 0 Å². The first kappa shape index (κ1) is 11.5. The smallest absolute Gasteiger partial charge is 0.171 e. The molecule has 1 aliphatic rings. The molecule has 1 aromatic rings. The summed E-state index contributed by atoms with van der Waals surface area (Å²) >= 11 is 1.52. The Labute approximate surface area is 100 Å². The molecule has 2 heterocycles.